The fraction of sp³-hybridized carbons (Fsp3) is 0.333. The highest BCUT2D eigenvalue weighted by Gasteiger charge is 2.09. The highest BCUT2D eigenvalue weighted by atomic mass is 16.3. The molecule has 0 aliphatic carbocycles. The molecule has 1 atom stereocenters. The molecule has 0 aliphatic rings. The maximum absolute atomic E-state index is 9.96. The molecule has 2 heteroatoms. The minimum Gasteiger partial charge on any atom is -0.387 e. The molecule has 0 spiro atoms. The molecule has 0 saturated heterocycles. The number of hydrogen-bond acceptors (Lipinski definition) is 1. The van der Waals surface area contributed by atoms with E-state index in [0.29, 0.717) is 6.42 Å². The van der Waals surface area contributed by atoms with Crippen molar-refractivity contribution in [1.82, 2.24) is 4.98 Å². The molecule has 1 heterocycles. The number of nitrogens with one attached hydrogen (secondary N) is 1. The Morgan fingerprint density at radius 3 is 2.29 bits per heavy atom. The van der Waals surface area contributed by atoms with E-state index < -0.39 is 6.10 Å². The topological polar surface area (TPSA) is 36.0 Å². The summed E-state index contributed by atoms with van der Waals surface area (Å²) in [5, 5.41) is 9.96. The largest absolute Gasteiger partial charge is 0.387 e. The number of aliphatic hydroxyl groups is 1. The monoisotopic (exact) mass is 233 g/mol. The van der Waals surface area contributed by atoms with Gasteiger partial charge in [-0.2, -0.15) is 0 Å². The SMILES string of the molecule is CC.Cc1ccc(C(O)Cc2ccccc2)[nH]1.[HH]. The van der Waals surface area contributed by atoms with E-state index >= 15 is 0 Å². The molecular formula is C15H23NO. The van der Waals surface area contributed by atoms with E-state index in [2.05, 4.69) is 4.98 Å². The van der Waals surface area contributed by atoms with Gasteiger partial charge in [-0.3, -0.25) is 0 Å². The van der Waals surface area contributed by atoms with E-state index in [1.54, 1.807) is 0 Å². The van der Waals surface area contributed by atoms with Gasteiger partial charge < -0.3 is 10.1 Å². The number of aliphatic hydroxyl groups excluding tert-OH is 1. The summed E-state index contributed by atoms with van der Waals surface area (Å²) in [5.41, 5.74) is 3.12. The van der Waals surface area contributed by atoms with Crippen molar-refractivity contribution in [3.63, 3.8) is 0 Å². The van der Waals surface area contributed by atoms with Crippen molar-refractivity contribution in [3.05, 3.63) is 59.4 Å². The van der Waals surface area contributed by atoms with Crippen LogP contribution in [0.1, 0.15) is 38.3 Å². The van der Waals surface area contributed by atoms with Crippen LogP contribution < -0.4 is 0 Å². The number of hydrogen-bond donors (Lipinski definition) is 2. The fourth-order valence-electron chi connectivity index (χ4n) is 1.67. The minimum atomic E-state index is -0.443. The van der Waals surface area contributed by atoms with Crippen molar-refractivity contribution in [2.45, 2.75) is 33.3 Å². The summed E-state index contributed by atoms with van der Waals surface area (Å²) in [5.74, 6) is 0. The smallest absolute Gasteiger partial charge is 0.0977 e. The van der Waals surface area contributed by atoms with E-state index in [-0.39, 0.29) is 1.43 Å². The van der Waals surface area contributed by atoms with Gasteiger partial charge in [-0.15, -0.1) is 0 Å². The van der Waals surface area contributed by atoms with Gasteiger partial charge in [-0.25, -0.2) is 0 Å². The van der Waals surface area contributed by atoms with Crippen LogP contribution >= 0.6 is 0 Å². The Morgan fingerprint density at radius 1 is 1.12 bits per heavy atom. The lowest BCUT2D eigenvalue weighted by atomic mass is 10.1. The third kappa shape index (κ3) is 4.08. The summed E-state index contributed by atoms with van der Waals surface area (Å²) in [6, 6.07) is 13.9. The van der Waals surface area contributed by atoms with E-state index in [0.717, 1.165) is 17.0 Å². The normalized spacial score (nSPS) is 11.5. The molecule has 0 bridgehead atoms. The molecule has 1 unspecified atom stereocenters. The average molecular weight is 233 g/mol. The van der Waals surface area contributed by atoms with E-state index in [1.807, 2.05) is 63.2 Å². The summed E-state index contributed by atoms with van der Waals surface area (Å²) in [6.45, 7) is 5.98. The Kier molecular flexibility index (Phi) is 5.50. The molecule has 0 aliphatic heterocycles. The zero-order chi connectivity index (χ0) is 12.7. The van der Waals surface area contributed by atoms with Gasteiger partial charge in [0.1, 0.15) is 0 Å². The summed E-state index contributed by atoms with van der Waals surface area (Å²) in [4.78, 5) is 3.15. The van der Waals surface area contributed by atoms with Gasteiger partial charge in [-0.1, -0.05) is 44.2 Å². The molecule has 2 aromatic rings. The van der Waals surface area contributed by atoms with Crippen LogP contribution in [-0.2, 0) is 6.42 Å². The van der Waals surface area contributed by atoms with Crippen molar-refractivity contribution in [2.75, 3.05) is 0 Å². The van der Waals surface area contributed by atoms with Crippen LogP contribution in [0.15, 0.2) is 42.5 Å². The van der Waals surface area contributed by atoms with Gasteiger partial charge in [0.2, 0.25) is 0 Å². The standard InChI is InChI=1S/C13H15NO.C2H6.H2/c1-10-7-8-12(14-10)13(15)9-11-5-3-2-4-6-11;1-2;/h2-8,13-15H,9H2,1H3;1-2H3;1H. The van der Waals surface area contributed by atoms with Gasteiger partial charge in [-0.05, 0) is 24.6 Å². The Morgan fingerprint density at radius 2 is 1.76 bits per heavy atom. The van der Waals surface area contributed by atoms with Crippen LogP contribution in [0.2, 0.25) is 0 Å². The van der Waals surface area contributed by atoms with Gasteiger partial charge in [0.05, 0.1) is 6.10 Å². The number of H-pyrrole nitrogens is 1. The molecule has 0 amide bonds. The number of aromatic amines is 1. The quantitative estimate of drug-likeness (QED) is 0.829. The zero-order valence-electron chi connectivity index (χ0n) is 10.8. The van der Waals surface area contributed by atoms with Crippen LogP contribution in [-0.4, -0.2) is 10.1 Å². The lowest BCUT2D eigenvalue weighted by molar-refractivity contribution is 0.174. The summed E-state index contributed by atoms with van der Waals surface area (Å²) < 4.78 is 0. The van der Waals surface area contributed by atoms with Crippen molar-refractivity contribution in [1.29, 1.82) is 0 Å². The highest BCUT2D eigenvalue weighted by molar-refractivity contribution is 5.20. The predicted octanol–water partition coefficient (Wildman–Crippen LogP) is 3.87. The lowest BCUT2D eigenvalue weighted by Crippen LogP contribution is -2.01. The second-order valence-electron chi connectivity index (χ2n) is 3.80. The van der Waals surface area contributed by atoms with Crippen molar-refractivity contribution < 1.29 is 6.53 Å². The number of aromatic nitrogens is 1. The maximum Gasteiger partial charge on any atom is 0.0977 e. The first-order chi connectivity index (χ1) is 8.25. The van der Waals surface area contributed by atoms with Crippen molar-refractivity contribution in [3.8, 4) is 0 Å². The molecular weight excluding hydrogens is 210 g/mol. The lowest BCUT2D eigenvalue weighted by Gasteiger charge is -2.08. The van der Waals surface area contributed by atoms with Gasteiger partial charge in [0.25, 0.3) is 0 Å². The molecule has 2 rings (SSSR count). The Hall–Kier alpha value is -1.54. The highest BCUT2D eigenvalue weighted by Crippen LogP contribution is 2.17. The predicted molar refractivity (Wildman–Crippen MR) is 74.1 cm³/mol. The Bertz CT molecular complexity index is 425. The summed E-state index contributed by atoms with van der Waals surface area (Å²) in [7, 11) is 0. The Balaban J connectivity index is 0.000000917. The van der Waals surface area contributed by atoms with Crippen molar-refractivity contribution in [2.24, 2.45) is 0 Å². The van der Waals surface area contributed by atoms with Crippen LogP contribution in [0.4, 0.5) is 0 Å². The second-order valence-corrected chi connectivity index (χ2v) is 3.80. The number of benzene rings is 1. The second kappa shape index (κ2) is 6.92. The summed E-state index contributed by atoms with van der Waals surface area (Å²) in [6.07, 6.45) is 0.210. The van der Waals surface area contributed by atoms with Gasteiger partial charge in [0, 0.05) is 19.2 Å². The van der Waals surface area contributed by atoms with Crippen molar-refractivity contribution >= 4 is 0 Å². The van der Waals surface area contributed by atoms with Crippen LogP contribution in [0, 0.1) is 6.92 Å². The first kappa shape index (κ1) is 13.5. The maximum atomic E-state index is 9.96. The first-order valence-corrected chi connectivity index (χ1v) is 6.13. The van der Waals surface area contributed by atoms with Crippen LogP contribution in [0.3, 0.4) is 0 Å². The molecule has 94 valence electrons. The molecule has 2 nitrogen and oxygen atoms in total. The third-order valence-corrected chi connectivity index (χ3v) is 2.49. The Labute approximate surface area is 105 Å². The molecule has 0 radical (unpaired) electrons. The molecule has 17 heavy (non-hydrogen) atoms. The third-order valence-electron chi connectivity index (χ3n) is 2.49. The fourth-order valence-corrected chi connectivity index (χ4v) is 1.67. The molecule has 1 aromatic carbocycles. The van der Waals surface area contributed by atoms with Crippen LogP contribution in [0.25, 0.3) is 0 Å². The van der Waals surface area contributed by atoms with Crippen LogP contribution in [0.5, 0.6) is 0 Å². The minimum absolute atomic E-state index is 0. The number of aryl methyl sites for hydroxylation is 1. The van der Waals surface area contributed by atoms with E-state index in [1.165, 1.54) is 0 Å². The molecule has 0 saturated carbocycles. The first-order valence-electron chi connectivity index (χ1n) is 6.13. The van der Waals surface area contributed by atoms with E-state index in [9.17, 15) is 5.11 Å². The van der Waals surface area contributed by atoms with E-state index in [4.69, 9.17) is 0 Å². The van der Waals surface area contributed by atoms with Gasteiger partial charge in [0.15, 0.2) is 0 Å². The molecule has 0 fully saturated rings. The van der Waals surface area contributed by atoms with Gasteiger partial charge >= 0.3 is 0 Å². The zero-order valence-corrected chi connectivity index (χ0v) is 10.8. The number of rotatable bonds is 3. The molecule has 1 aromatic heterocycles. The summed E-state index contributed by atoms with van der Waals surface area (Å²) >= 11 is 0. The molecule has 2 N–H and O–H groups in total. The average Bonchev–Trinajstić information content (AvgIpc) is 2.80.